The third-order valence-corrected chi connectivity index (χ3v) is 2.78. The summed E-state index contributed by atoms with van der Waals surface area (Å²) in [6.07, 6.45) is 0.135. The Hall–Kier alpha value is -1.33. The molecule has 0 spiro atoms. The lowest BCUT2D eigenvalue weighted by atomic mass is 10.2. The van der Waals surface area contributed by atoms with Gasteiger partial charge in [0.1, 0.15) is 16.9 Å². The molecule has 0 saturated carbocycles. The summed E-state index contributed by atoms with van der Waals surface area (Å²) in [6, 6.07) is 2.94. The number of rotatable bonds is 3. The van der Waals surface area contributed by atoms with Gasteiger partial charge < -0.3 is 10.1 Å². The highest BCUT2D eigenvalue weighted by atomic mass is 35.5. The number of nitrogens with zero attached hydrogens (tertiary/aromatic N) is 1. The van der Waals surface area contributed by atoms with E-state index in [-0.39, 0.29) is 16.8 Å². The van der Waals surface area contributed by atoms with Crippen molar-refractivity contribution in [3.8, 4) is 5.75 Å². The maximum Gasteiger partial charge on any atom is 0.288 e. The van der Waals surface area contributed by atoms with E-state index >= 15 is 0 Å². The fourth-order valence-electron chi connectivity index (χ4n) is 1.44. The summed E-state index contributed by atoms with van der Waals surface area (Å²) in [5, 5.41) is 13.8. The van der Waals surface area contributed by atoms with Gasteiger partial charge in [0.05, 0.1) is 4.92 Å². The van der Waals surface area contributed by atoms with E-state index < -0.39 is 4.92 Å². The molecule has 1 heterocycles. The number of hydrogen-bond acceptors (Lipinski definition) is 4. The van der Waals surface area contributed by atoms with Crippen LogP contribution in [0, 0.1) is 17.0 Å². The molecule has 1 N–H and O–H groups in total. The van der Waals surface area contributed by atoms with Gasteiger partial charge in [0.2, 0.25) is 0 Å². The van der Waals surface area contributed by atoms with Crippen LogP contribution in [0.15, 0.2) is 12.1 Å². The molecule has 0 aromatic heterocycles. The molecule has 1 fully saturated rings. The first-order chi connectivity index (χ1) is 7.58. The van der Waals surface area contributed by atoms with E-state index in [9.17, 15) is 10.1 Å². The molecule has 0 aliphatic carbocycles. The van der Waals surface area contributed by atoms with Gasteiger partial charge in [-0.1, -0.05) is 11.6 Å². The minimum atomic E-state index is -0.496. The molecule has 0 bridgehead atoms. The quantitative estimate of drug-likeness (QED) is 0.650. The number of benzene rings is 1. The van der Waals surface area contributed by atoms with E-state index in [0.717, 1.165) is 18.7 Å². The van der Waals surface area contributed by atoms with Gasteiger partial charge in [0, 0.05) is 25.2 Å². The normalized spacial score (nSPS) is 15.6. The van der Waals surface area contributed by atoms with Crippen molar-refractivity contribution in [3.63, 3.8) is 0 Å². The van der Waals surface area contributed by atoms with Gasteiger partial charge in [-0.3, -0.25) is 10.1 Å². The first kappa shape index (κ1) is 11.2. The average Bonchev–Trinajstić information content (AvgIpc) is 2.15. The largest absolute Gasteiger partial charge is 0.487 e. The molecule has 5 nitrogen and oxygen atoms in total. The fraction of sp³-hybridized carbons (Fsp3) is 0.400. The molecule has 1 saturated heterocycles. The third-order valence-electron chi connectivity index (χ3n) is 2.48. The molecule has 2 rings (SSSR count). The number of hydrogen-bond donors (Lipinski definition) is 1. The molecular formula is C10H11ClN2O3. The highest BCUT2D eigenvalue weighted by Crippen LogP contribution is 2.32. The predicted octanol–water partition coefficient (Wildman–Crippen LogP) is 1.91. The van der Waals surface area contributed by atoms with Gasteiger partial charge in [0.25, 0.3) is 5.69 Å². The van der Waals surface area contributed by atoms with Crippen LogP contribution in [0.4, 0.5) is 5.69 Å². The van der Waals surface area contributed by atoms with E-state index in [4.69, 9.17) is 16.3 Å². The van der Waals surface area contributed by atoms with Crippen LogP contribution >= 0.6 is 11.6 Å². The first-order valence-corrected chi connectivity index (χ1v) is 5.27. The standard InChI is InChI=1S/C10H11ClN2O3/c1-6-2-9(13(14)15)8(11)3-10(6)16-7-4-12-5-7/h2-3,7,12H,4-5H2,1H3. The van der Waals surface area contributed by atoms with Gasteiger partial charge in [-0.15, -0.1) is 0 Å². The number of halogens is 1. The number of nitrogens with one attached hydrogen (secondary N) is 1. The van der Waals surface area contributed by atoms with E-state index in [2.05, 4.69) is 5.32 Å². The molecule has 86 valence electrons. The van der Waals surface area contributed by atoms with Gasteiger partial charge in [-0.2, -0.15) is 0 Å². The number of nitro benzene ring substituents is 1. The van der Waals surface area contributed by atoms with Crippen molar-refractivity contribution < 1.29 is 9.66 Å². The molecule has 16 heavy (non-hydrogen) atoms. The zero-order valence-electron chi connectivity index (χ0n) is 8.70. The van der Waals surface area contributed by atoms with E-state index in [0.29, 0.717) is 5.75 Å². The molecule has 0 radical (unpaired) electrons. The second-order valence-corrected chi connectivity index (χ2v) is 4.13. The second-order valence-electron chi connectivity index (χ2n) is 3.72. The van der Waals surface area contributed by atoms with Crippen LogP contribution in [0.5, 0.6) is 5.75 Å². The lowest BCUT2D eigenvalue weighted by Crippen LogP contribution is -2.50. The minimum absolute atomic E-state index is 0.0850. The molecule has 0 amide bonds. The van der Waals surface area contributed by atoms with Gasteiger partial charge >= 0.3 is 0 Å². The summed E-state index contributed by atoms with van der Waals surface area (Å²) in [6.45, 7) is 3.37. The zero-order chi connectivity index (χ0) is 11.7. The average molecular weight is 243 g/mol. The lowest BCUT2D eigenvalue weighted by Gasteiger charge is -2.28. The van der Waals surface area contributed by atoms with Crippen molar-refractivity contribution in [2.45, 2.75) is 13.0 Å². The Balaban J connectivity index is 2.25. The molecule has 6 heteroatoms. The Morgan fingerprint density at radius 3 is 2.75 bits per heavy atom. The van der Waals surface area contributed by atoms with Crippen molar-refractivity contribution in [2.24, 2.45) is 0 Å². The summed E-state index contributed by atoms with van der Waals surface area (Å²) in [5.41, 5.74) is 0.640. The van der Waals surface area contributed by atoms with E-state index in [1.165, 1.54) is 12.1 Å². The summed E-state index contributed by atoms with van der Waals surface area (Å²) < 4.78 is 5.63. The van der Waals surface area contributed by atoms with E-state index in [1.807, 2.05) is 0 Å². The van der Waals surface area contributed by atoms with E-state index in [1.54, 1.807) is 6.92 Å². The van der Waals surface area contributed by atoms with Crippen LogP contribution in [-0.2, 0) is 0 Å². The molecule has 0 atom stereocenters. The highest BCUT2D eigenvalue weighted by Gasteiger charge is 2.21. The minimum Gasteiger partial charge on any atom is -0.487 e. The maximum absolute atomic E-state index is 10.6. The molecule has 1 aliphatic rings. The molecule has 1 aromatic carbocycles. The van der Waals surface area contributed by atoms with Crippen LogP contribution in [0.1, 0.15) is 5.56 Å². The Morgan fingerprint density at radius 1 is 1.56 bits per heavy atom. The first-order valence-electron chi connectivity index (χ1n) is 4.90. The number of nitro groups is 1. The van der Waals surface area contributed by atoms with Crippen LogP contribution in [0.3, 0.4) is 0 Å². The van der Waals surface area contributed by atoms with Crippen molar-refractivity contribution in [1.82, 2.24) is 5.32 Å². The predicted molar refractivity (Wildman–Crippen MR) is 60.1 cm³/mol. The smallest absolute Gasteiger partial charge is 0.288 e. The van der Waals surface area contributed by atoms with Crippen molar-refractivity contribution in [1.29, 1.82) is 0 Å². The topological polar surface area (TPSA) is 64.4 Å². The fourth-order valence-corrected chi connectivity index (χ4v) is 1.66. The summed E-state index contributed by atoms with van der Waals surface area (Å²) in [5.74, 6) is 0.613. The SMILES string of the molecule is Cc1cc([N+](=O)[O-])c(Cl)cc1OC1CNC1. The molecule has 0 unspecified atom stereocenters. The lowest BCUT2D eigenvalue weighted by molar-refractivity contribution is -0.384. The number of ether oxygens (including phenoxy) is 1. The van der Waals surface area contributed by atoms with Crippen molar-refractivity contribution in [2.75, 3.05) is 13.1 Å². The van der Waals surface area contributed by atoms with Crippen LogP contribution < -0.4 is 10.1 Å². The van der Waals surface area contributed by atoms with Crippen molar-refractivity contribution >= 4 is 17.3 Å². The maximum atomic E-state index is 10.6. The summed E-state index contributed by atoms with van der Waals surface area (Å²) >= 11 is 5.80. The summed E-state index contributed by atoms with van der Waals surface area (Å²) in [4.78, 5) is 10.1. The second kappa shape index (κ2) is 4.27. The van der Waals surface area contributed by atoms with Gasteiger partial charge in [-0.05, 0) is 12.5 Å². The third kappa shape index (κ3) is 2.10. The molecule has 1 aliphatic heterocycles. The highest BCUT2D eigenvalue weighted by molar-refractivity contribution is 6.32. The molecular weight excluding hydrogens is 232 g/mol. The summed E-state index contributed by atoms with van der Waals surface area (Å²) in [7, 11) is 0. The van der Waals surface area contributed by atoms with Gasteiger partial charge in [-0.25, -0.2) is 0 Å². The Kier molecular flexibility index (Phi) is 2.98. The molecule has 1 aromatic rings. The Bertz CT molecular complexity index is 432. The monoisotopic (exact) mass is 242 g/mol. The Morgan fingerprint density at radius 2 is 2.25 bits per heavy atom. The number of aryl methyl sites for hydroxylation is 1. The van der Waals surface area contributed by atoms with Crippen molar-refractivity contribution in [3.05, 3.63) is 32.8 Å². The van der Waals surface area contributed by atoms with Crippen LogP contribution in [-0.4, -0.2) is 24.1 Å². The zero-order valence-corrected chi connectivity index (χ0v) is 9.45. The van der Waals surface area contributed by atoms with Gasteiger partial charge in [0.15, 0.2) is 0 Å². The van der Waals surface area contributed by atoms with Crippen LogP contribution in [0.2, 0.25) is 5.02 Å². The van der Waals surface area contributed by atoms with Crippen LogP contribution in [0.25, 0.3) is 0 Å². The Labute approximate surface area is 97.5 Å².